The molecule has 8 heteroatoms. The highest BCUT2D eigenvalue weighted by molar-refractivity contribution is 5.85. The predicted octanol–water partition coefficient (Wildman–Crippen LogP) is -0.553. The van der Waals surface area contributed by atoms with Crippen LogP contribution in [-0.4, -0.2) is 64.3 Å². The fraction of sp³-hybridized carbons (Fsp3) is 0.545. The number of carbonyl (C=O) groups excluding carboxylic acids is 1. The number of hydrogen-bond donors (Lipinski definition) is 3. The van der Waals surface area contributed by atoms with Gasteiger partial charge < -0.3 is 25.0 Å². The molecule has 1 aromatic rings. The first-order valence-corrected chi connectivity index (χ1v) is 6.00. The van der Waals surface area contributed by atoms with Crippen LogP contribution in [0.4, 0.5) is 4.79 Å². The van der Waals surface area contributed by atoms with Crippen molar-refractivity contribution in [3.05, 3.63) is 18.2 Å². The molecule has 1 aromatic heterocycles. The summed E-state index contributed by atoms with van der Waals surface area (Å²) in [5, 5.41) is 11.1. The number of aromatic nitrogens is 2. The number of imidazole rings is 1. The molecule has 0 spiro atoms. The molecule has 1 saturated heterocycles. The third-order valence-corrected chi connectivity index (χ3v) is 2.89. The van der Waals surface area contributed by atoms with E-state index >= 15 is 0 Å². The summed E-state index contributed by atoms with van der Waals surface area (Å²) in [5.41, 5.74) is 0.639. The van der Waals surface area contributed by atoms with E-state index in [-0.39, 0.29) is 12.3 Å². The highest BCUT2D eigenvalue weighted by Crippen LogP contribution is 2.05. The van der Waals surface area contributed by atoms with Crippen LogP contribution in [0.25, 0.3) is 0 Å². The number of aromatic amines is 1. The molecule has 0 saturated carbocycles. The molecule has 0 aromatic carbocycles. The smallest absolute Gasteiger partial charge is 0.405 e. The van der Waals surface area contributed by atoms with Gasteiger partial charge in [0.15, 0.2) is 0 Å². The third-order valence-electron chi connectivity index (χ3n) is 2.89. The van der Waals surface area contributed by atoms with Gasteiger partial charge in [0, 0.05) is 25.7 Å². The fourth-order valence-electron chi connectivity index (χ4n) is 1.96. The zero-order valence-corrected chi connectivity index (χ0v) is 10.3. The Bertz CT molecular complexity index is 428. The minimum atomic E-state index is -1.22. The first-order valence-electron chi connectivity index (χ1n) is 6.00. The second kappa shape index (κ2) is 6.19. The molecule has 0 bridgehead atoms. The topological polar surface area (TPSA) is 108 Å². The van der Waals surface area contributed by atoms with Gasteiger partial charge in [0.1, 0.15) is 6.04 Å². The maximum absolute atomic E-state index is 12.3. The molecule has 1 atom stereocenters. The van der Waals surface area contributed by atoms with E-state index < -0.39 is 12.1 Å². The Labute approximate surface area is 109 Å². The van der Waals surface area contributed by atoms with Crippen molar-refractivity contribution >= 4 is 12.0 Å². The van der Waals surface area contributed by atoms with Gasteiger partial charge in [0.25, 0.3) is 0 Å². The first kappa shape index (κ1) is 13.3. The van der Waals surface area contributed by atoms with E-state index in [1.54, 1.807) is 11.1 Å². The average molecular weight is 268 g/mol. The maximum Gasteiger partial charge on any atom is 0.405 e. The maximum atomic E-state index is 12.3. The van der Waals surface area contributed by atoms with Gasteiger partial charge in [-0.1, -0.05) is 0 Å². The molecule has 104 valence electrons. The van der Waals surface area contributed by atoms with Crippen LogP contribution in [0.5, 0.6) is 0 Å². The SMILES string of the molecule is O=C(O)N[C@@H](Cc1c[nH]cn1)C(=O)N1CCOCC1. The minimum Gasteiger partial charge on any atom is -0.465 e. The third kappa shape index (κ3) is 3.68. The highest BCUT2D eigenvalue weighted by Gasteiger charge is 2.27. The summed E-state index contributed by atoms with van der Waals surface area (Å²) in [7, 11) is 0. The standard InChI is InChI=1S/C11H16N4O4/c16-10(15-1-3-19-4-2-15)9(14-11(17)18)5-8-6-12-7-13-8/h6-7,9,14H,1-5H2,(H,12,13)(H,17,18)/t9-/m0/s1. The van der Waals surface area contributed by atoms with E-state index in [0.29, 0.717) is 32.0 Å². The lowest BCUT2D eigenvalue weighted by Crippen LogP contribution is -2.52. The van der Waals surface area contributed by atoms with E-state index in [4.69, 9.17) is 9.84 Å². The monoisotopic (exact) mass is 268 g/mol. The Morgan fingerprint density at radius 2 is 2.26 bits per heavy atom. The van der Waals surface area contributed by atoms with Crippen molar-refractivity contribution in [1.29, 1.82) is 0 Å². The Balaban J connectivity index is 2.02. The van der Waals surface area contributed by atoms with Crippen LogP contribution < -0.4 is 5.32 Å². The van der Waals surface area contributed by atoms with Crippen molar-refractivity contribution in [3.63, 3.8) is 0 Å². The van der Waals surface area contributed by atoms with E-state index in [2.05, 4.69) is 15.3 Å². The largest absolute Gasteiger partial charge is 0.465 e. The summed E-state index contributed by atoms with van der Waals surface area (Å²) in [5.74, 6) is -0.242. The van der Waals surface area contributed by atoms with Gasteiger partial charge in [-0.05, 0) is 0 Å². The predicted molar refractivity (Wildman–Crippen MR) is 64.6 cm³/mol. The number of nitrogens with zero attached hydrogens (tertiary/aromatic N) is 2. The van der Waals surface area contributed by atoms with Crippen LogP contribution >= 0.6 is 0 Å². The molecular formula is C11H16N4O4. The molecule has 3 N–H and O–H groups in total. The zero-order valence-electron chi connectivity index (χ0n) is 10.3. The summed E-state index contributed by atoms with van der Waals surface area (Å²) in [6, 6.07) is -0.820. The van der Waals surface area contributed by atoms with Crippen LogP contribution in [-0.2, 0) is 16.0 Å². The number of ether oxygens (including phenoxy) is 1. The number of morpholine rings is 1. The number of nitrogens with one attached hydrogen (secondary N) is 2. The Hall–Kier alpha value is -2.09. The van der Waals surface area contributed by atoms with Gasteiger partial charge in [-0.15, -0.1) is 0 Å². The molecule has 2 amide bonds. The number of hydrogen-bond acceptors (Lipinski definition) is 4. The average Bonchev–Trinajstić information content (AvgIpc) is 2.90. The molecule has 8 nitrogen and oxygen atoms in total. The molecule has 2 heterocycles. The first-order chi connectivity index (χ1) is 9.16. The summed E-state index contributed by atoms with van der Waals surface area (Å²) >= 11 is 0. The second-order valence-electron chi connectivity index (χ2n) is 4.20. The Kier molecular flexibility index (Phi) is 4.35. The number of rotatable bonds is 4. The number of carbonyl (C=O) groups is 2. The van der Waals surface area contributed by atoms with Gasteiger partial charge in [-0.25, -0.2) is 9.78 Å². The van der Waals surface area contributed by atoms with Gasteiger partial charge in [-0.2, -0.15) is 0 Å². The summed E-state index contributed by atoms with van der Waals surface area (Å²) in [6.45, 7) is 1.93. The van der Waals surface area contributed by atoms with Crippen LogP contribution in [0.3, 0.4) is 0 Å². The molecule has 1 aliphatic heterocycles. The quantitative estimate of drug-likeness (QED) is 0.679. The van der Waals surface area contributed by atoms with Crippen molar-refractivity contribution < 1.29 is 19.4 Å². The van der Waals surface area contributed by atoms with E-state index in [0.717, 1.165) is 0 Å². The molecule has 0 unspecified atom stereocenters. The van der Waals surface area contributed by atoms with E-state index in [9.17, 15) is 9.59 Å². The van der Waals surface area contributed by atoms with Crippen molar-refractivity contribution in [2.75, 3.05) is 26.3 Å². The fourth-order valence-corrected chi connectivity index (χ4v) is 1.96. The van der Waals surface area contributed by atoms with Crippen LogP contribution in [0, 0.1) is 0 Å². The van der Waals surface area contributed by atoms with E-state index in [1.165, 1.54) is 6.33 Å². The van der Waals surface area contributed by atoms with Gasteiger partial charge in [0.05, 0.1) is 25.2 Å². The summed E-state index contributed by atoms with van der Waals surface area (Å²) in [6.07, 6.45) is 2.14. The van der Waals surface area contributed by atoms with Crippen LogP contribution in [0.2, 0.25) is 0 Å². The highest BCUT2D eigenvalue weighted by atomic mass is 16.5. The normalized spacial score (nSPS) is 16.9. The summed E-state index contributed by atoms with van der Waals surface area (Å²) < 4.78 is 5.17. The lowest BCUT2D eigenvalue weighted by atomic mass is 10.1. The van der Waals surface area contributed by atoms with Crippen molar-refractivity contribution in [1.82, 2.24) is 20.2 Å². The molecule has 1 fully saturated rings. The minimum absolute atomic E-state index is 0.228. The van der Waals surface area contributed by atoms with Crippen molar-refractivity contribution in [3.8, 4) is 0 Å². The second-order valence-corrected chi connectivity index (χ2v) is 4.20. The molecule has 0 aliphatic carbocycles. The molecule has 0 radical (unpaired) electrons. The number of carboxylic acid groups (broad SMARTS) is 1. The van der Waals surface area contributed by atoms with E-state index in [1.807, 2.05) is 0 Å². The van der Waals surface area contributed by atoms with Crippen molar-refractivity contribution in [2.24, 2.45) is 0 Å². The Morgan fingerprint density at radius 3 is 2.84 bits per heavy atom. The lowest BCUT2D eigenvalue weighted by molar-refractivity contribution is -0.137. The van der Waals surface area contributed by atoms with Crippen LogP contribution in [0.1, 0.15) is 5.69 Å². The molecule has 1 aliphatic rings. The summed E-state index contributed by atoms with van der Waals surface area (Å²) in [4.78, 5) is 31.4. The Morgan fingerprint density at radius 1 is 1.53 bits per heavy atom. The lowest BCUT2D eigenvalue weighted by Gasteiger charge is -2.30. The molecule has 19 heavy (non-hydrogen) atoms. The van der Waals surface area contributed by atoms with Gasteiger partial charge in [-0.3, -0.25) is 4.79 Å². The number of H-pyrrole nitrogens is 1. The molecule has 2 rings (SSSR count). The van der Waals surface area contributed by atoms with Gasteiger partial charge >= 0.3 is 6.09 Å². The van der Waals surface area contributed by atoms with Crippen LogP contribution in [0.15, 0.2) is 12.5 Å². The zero-order chi connectivity index (χ0) is 13.7. The molecular weight excluding hydrogens is 252 g/mol. The van der Waals surface area contributed by atoms with Crippen molar-refractivity contribution in [2.45, 2.75) is 12.5 Å². The number of amides is 2. The van der Waals surface area contributed by atoms with Gasteiger partial charge in [0.2, 0.25) is 5.91 Å².